The van der Waals surface area contributed by atoms with E-state index >= 15 is 0 Å². The van der Waals surface area contributed by atoms with E-state index in [1.807, 2.05) is 58.1 Å². The van der Waals surface area contributed by atoms with Gasteiger partial charge < -0.3 is 9.64 Å². The second-order valence-corrected chi connectivity index (χ2v) is 6.39. The quantitative estimate of drug-likeness (QED) is 0.719. The van der Waals surface area contributed by atoms with Crippen LogP contribution >= 0.6 is 0 Å². The van der Waals surface area contributed by atoms with Crippen molar-refractivity contribution in [3.8, 4) is 11.9 Å². The molecule has 0 unspecified atom stereocenters. The molecule has 3 aromatic rings. The number of nitrogens with zero attached hydrogens (tertiary/aromatic N) is 4. The van der Waals surface area contributed by atoms with Gasteiger partial charge in [0.25, 0.3) is 5.91 Å². The first-order valence-electron chi connectivity index (χ1n) is 8.76. The Labute approximate surface area is 157 Å². The fourth-order valence-electron chi connectivity index (χ4n) is 3.08. The van der Waals surface area contributed by atoms with Crippen molar-refractivity contribution in [1.82, 2.24) is 14.7 Å². The summed E-state index contributed by atoms with van der Waals surface area (Å²) >= 11 is 0. The van der Waals surface area contributed by atoms with Crippen LogP contribution in [0.15, 0.2) is 60.7 Å². The predicted molar refractivity (Wildman–Crippen MR) is 98.9 cm³/mol. The van der Waals surface area contributed by atoms with Crippen LogP contribution in [0.1, 0.15) is 27.2 Å². The summed E-state index contributed by atoms with van der Waals surface area (Å²) in [6, 6.07) is 20.6. The van der Waals surface area contributed by atoms with Crippen LogP contribution in [0.2, 0.25) is 0 Å². The lowest BCUT2D eigenvalue weighted by Crippen LogP contribution is -2.38. The number of hydrogen-bond donors (Lipinski definition) is 0. The highest BCUT2D eigenvalue weighted by atomic mass is 16.5. The highest BCUT2D eigenvalue weighted by Crippen LogP contribution is 2.20. The average molecular weight is 358 g/mol. The van der Waals surface area contributed by atoms with E-state index in [0.29, 0.717) is 43.2 Å². The summed E-state index contributed by atoms with van der Waals surface area (Å²) in [6.45, 7) is 2.17. The van der Waals surface area contributed by atoms with E-state index in [2.05, 4.69) is 11.2 Å². The largest absolute Gasteiger partial charge is 0.472 e. The van der Waals surface area contributed by atoms with E-state index < -0.39 is 0 Å². The molecule has 0 aliphatic carbocycles. The molecule has 0 bridgehead atoms. The monoisotopic (exact) mass is 358 g/mol. The Morgan fingerprint density at radius 3 is 2.63 bits per heavy atom. The van der Waals surface area contributed by atoms with Gasteiger partial charge >= 0.3 is 0 Å². The van der Waals surface area contributed by atoms with Gasteiger partial charge in [0, 0.05) is 18.2 Å². The molecule has 2 heterocycles. The fourth-order valence-corrected chi connectivity index (χ4v) is 3.08. The summed E-state index contributed by atoms with van der Waals surface area (Å²) in [7, 11) is 0. The minimum absolute atomic E-state index is 0.0306. The second-order valence-electron chi connectivity index (χ2n) is 6.39. The SMILES string of the molecule is N#Cc1ccc(COc2cc3n(n2)CCN(C(=O)c2ccccc2)C3)cc1. The molecule has 6 heteroatoms. The number of fused-ring (bicyclic) bond motifs is 1. The van der Waals surface area contributed by atoms with E-state index in [1.54, 1.807) is 12.1 Å². The first-order chi connectivity index (χ1) is 13.2. The summed E-state index contributed by atoms with van der Waals surface area (Å²) in [6.07, 6.45) is 0. The molecule has 0 saturated heterocycles. The van der Waals surface area contributed by atoms with Gasteiger partial charge in [0.05, 0.1) is 30.4 Å². The van der Waals surface area contributed by atoms with Gasteiger partial charge in [-0.3, -0.25) is 9.48 Å². The number of carbonyl (C=O) groups is 1. The molecule has 1 aliphatic rings. The van der Waals surface area contributed by atoms with Crippen molar-refractivity contribution < 1.29 is 9.53 Å². The summed E-state index contributed by atoms with van der Waals surface area (Å²) < 4.78 is 7.67. The van der Waals surface area contributed by atoms with Crippen LogP contribution in [0.25, 0.3) is 0 Å². The molecule has 27 heavy (non-hydrogen) atoms. The molecule has 0 N–H and O–H groups in total. The molecule has 0 atom stereocenters. The van der Waals surface area contributed by atoms with Crippen LogP contribution < -0.4 is 4.74 Å². The Balaban J connectivity index is 1.41. The Morgan fingerprint density at radius 1 is 1.11 bits per heavy atom. The fraction of sp³-hybridized carbons (Fsp3) is 0.190. The van der Waals surface area contributed by atoms with Crippen LogP contribution in [-0.2, 0) is 19.7 Å². The molecule has 4 rings (SSSR count). The normalized spacial score (nSPS) is 12.9. The highest BCUT2D eigenvalue weighted by Gasteiger charge is 2.23. The lowest BCUT2D eigenvalue weighted by Gasteiger charge is -2.27. The number of aromatic nitrogens is 2. The zero-order chi connectivity index (χ0) is 18.6. The third kappa shape index (κ3) is 3.67. The van der Waals surface area contributed by atoms with E-state index in [0.717, 1.165) is 11.3 Å². The number of carbonyl (C=O) groups excluding carboxylic acids is 1. The smallest absolute Gasteiger partial charge is 0.254 e. The molecule has 0 radical (unpaired) electrons. The van der Waals surface area contributed by atoms with E-state index in [-0.39, 0.29) is 5.91 Å². The molecule has 6 nitrogen and oxygen atoms in total. The third-order valence-electron chi connectivity index (χ3n) is 4.55. The topological polar surface area (TPSA) is 71.2 Å². The Bertz CT molecular complexity index is 987. The van der Waals surface area contributed by atoms with Crippen molar-refractivity contribution in [2.24, 2.45) is 0 Å². The van der Waals surface area contributed by atoms with Crippen molar-refractivity contribution in [3.05, 3.63) is 83.0 Å². The molecule has 1 aliphatic heterocycles. The number of amides is 1. The predicted octanol–water partition coefficient (Wildman–Crippen LogP) is 2.99. The molecule has 134 valence electrons. The molecule has 2 aromatic carbocycles. The summed E-state index contributed by atoms with van der Waals surface area (Å²) in [5, 5.41) is 13.3. The average Bonchev–Trinajstić information content (AvgIpc) is 3.15. The van der Waals surface area contributed by atoms with E-state index in [9.17, 15) is 4.79 Å². The van der Waals surface area contributed by atoms with Crippen molar-refractivity contribution in [1.29, 1.82) is 5.26 Å². The standard InChI is InChI=1S/C21H18N4O2/c22-13-16-6-8-17(9-7-16)15-27-20-12-19-14-24(10-11-25(19)23-20)21(26)18-4-2-1-3-5-18/h1-9,12H,10-11,14-15H2. The van der Waals surface area contributed by atoms with Gasteiger partial charge in [-0.25, -0.2) is 0 Å². The lowest BCUT2D eigenvalue weighted by molar-refractivity contribution is 0.0706. The number of hydrogen-bond acceptors (Lipinski definition) is 4. The lowest BCUT2D eigenvalue weighted by atomic mass is 10.2. The zero-order valence-corrected chi connectivity index (χ0v) is 14.7. The first-order valence-corrected chi connectivity index (χ1v) is 8.76. The number of benzene rings is 2. The molecule has 0 spiro atoms. The molecule has 1 amide bonds. The van der Waals surface area contributed by atoms with Gasteiger partial charge in [0.15, 0.2) is 0 Å². The number of ether oxygens (including phenoxy) is 1. The molecular formula is C21H18N4O2. The van der Waals surface area contributed by atoms with Gasteiger partial charge in [-0.2, -0.15) is 5.26 Å². The van der Waals surface area contributed by atoms with Crippen molar-refractivity contribution in [3.63, 3.8) is 0 Å². The van der Waals surface area contributed by atoms with Crippen LogP contribution in [0, 0.1) is 11.3 Å². The first kappa shape index (κ1) is 16.9. The van der Waals surface area contributed by atoms with Gasteiger partial charge in [-0.15, -0.1) is 5.10 Å². The Morgan fingerprint density at radius 2 is 1.89 bits per heavy atom. The highest BCUT2D eigenvalue weighted by molar-refractivity contribution is 5.94. The second kappa shape index (κ2) is 7.34. The summed E-state index contributed by atoms with van der Waals surface area (Å²) in [4.78, 5) is 14.5. The molecule has 0 fully saturated rings. The van der Waals surface area contributed by atoms with Crippen LogP contribution in [0.3, 0.4) is 0 Å². The van der Waals surface area contributed by atoms with Crippen LogP contribution in [0.5, 0.6) is 5.88 Å². The summed E-state index contributed by atoms with van der Waals surface area (Å²) in [5.74, 6) is 0.575. The number of rotatable bonds is 4. The Hall–Kier alpha value is -3.59. The molecule has 1 aromatic heterocycles. The minimum atomic E-state index is 0.0306. The maximum Gasteiger partial charge on any atom is 0.254 e. The molecule has 0 saturated carbocycles. The van der Waals surface area contributed by atoms with Gasteiger partial charge in [-0.1, -0.05) is 30.3 Å². The minimum Gasteiger partial charge on any atom is -0.472 e. The van der Waals surface area contributed by atoms with Gasteiger partial charge in [-0.05, 0) is 29.8 Å². The van der Waals surface area contributed by atoms with Crippen molar-refractivity contribution >= 4 is 5.91 Å². The summed E-state index contributed by atoms with van der Waals surface area (Å²) in [5.41, 5.74) is 3.25. The van der Waals surface area contributed by atoms with Crippen molar-refractivity contribution in [2.45, 2.75) is 19.7 Å². The van der Waals surface area contributed by atoms with Crippen molar-refractivity contribution in [2.75, 3.05) is 6.54 Å². The van der Waals surface area contributed by atoms with Crippen LogP contribution in [-0.4, -0.2) is 27.1 Å². The van der Waals surface area contributed by atoms with E-state index in [4.69, 9.17) is 10.00 Å². The van der Waals surface area contributed by atoms with Crippen LogP contribution in [0.4, 0.5) is 0 Å². The van der Waals surface area contributed by atoms with Gasteiger partial charge in [0.1, 0.15) is 6.61 Å². The third-order valence-corrected chi connectivity index (χ3v) is 4.55. The maximum atomic E-state index is 12.6. The zero-order valence-electron chi connectivity index (χ0n) is 14.7. The van der Waals surface area contributed by atoms with E-state index in [1.165, 1.54) is 0 Å². The Kier molecular flexibility index (Phi) is 4.58. The maximum absolute atomic E-state index is 12.6. The number of nitriles is 1. The molecular weight excluding hydrogens is 340 g/mol. The van der Waals surface area contributed by atoms with Gasteiger partial charge in [0.2, 0.25) is 5.88 Å².